The van der Waals surface area contributed by atoms with Crippen LogP contribution < -0.4 is 0 Å². The standard InChI is InChI=1S/C21H34N2O6/c1-20(2,3)29-19(27)23(12-15-4-5-15)13-17(24)22-9-8-21(14-22,18(25)26)16-6-10-28-11-7-16/h15-16H,4-14H2,1-3H3,(H,25,26). The van der Waals surface area contributed by atoms with Gasteiger partial charge in [0.1, 0.15) is 12.1 Å². The molecule has 3 aliphatic rings. The Morgan fingerprint density at radius 1 is 1.17 bits per heavy atom. The molecule has 8 heteroatoms. The van der Waals surface area contributed by atoms with Gasteiger partial charge in [0.05, 0.1) is 5.41 Å². The van der Waals surface area contributed by atoms with Crippen LogP contribution in [-0.2, 0) is 19.1 Å². The number of rotatable bonds is 6. The normalized spacial score (nSPS) is 25.7. The van der Waals surface area contributed by atoms with E-state index in [9.17, 15) is 19.5 Å². The van der Waals surface area contributed by atoms with Crippen LogP contribution in [0.5, 0.6) is 0 Å². The molecule has 1 atom stereocenters. The smallest absolute Gasteiger partial charge is 0.410 e. The second kappa shape index (κ2) is 8.50. The minimum Gasteiger partial charge on any atom is -0.481 e. The lowest BCUT2D eigenvalue weighted by molar-refractivity contribution is -0.154. The quantitative estimate of drug-likeness (QED) is 0.722. The minimum atomic E-state index is -0.910. The fourth-order valence-corrected chi connectivity index (χ4v) is 4.38. The van der Waals surface area contributed by atoms with Crippen molar-refractivity contribution < 1.29 is 29.0 Å². The van der Waals surface area contributed by atoms with Gasteiger partial charge in [-0.3, -0.25) is 14.5 Å². The van der Waals surface area contributed by atoms with E-state index in [-0.39, 0.29) is 24.9 Å². The summed E-state index contributed by atoms with van der Waals surface area (Å²) in [4.78, 5) is 40.8. The van der Waals surface area contributed by atoms with Crippen LogP contribution in [0.3, 0.4) is 0 Å². The third kappa shape index (κ3) is 5.41. The van der Waals surface area contributed by atoms with Gasteiger partial charge >= 0.3 is 12.1 Å². The Bertz CT molecular complexity index is 636. The summed E-state index contributed by atoms with van der Waals surface area (Å²) in [6, 6.07) is 0. The maximum absolute atomic E-state index is 13.0. The number of amides is 2. The summed E-state index contributed by atoms with van der Waals surface area (Å²) < 4.78 is 10.9. The molecule has 3 fully saturated rings. The molecular weight excluding hydrogens is 376 g/mol. The molecule has 2 aliphatic heterocycles. The van der Waals surface area contributed by atoms with E-state index >= 15 is 0 Å². The molecule has 0 aromatic heterocycles. The molecule has 29 heavy (non-hydrogen) atoms. The lowest BCUT2D eigenvalue weighted by Gasteiger charge is -2.36. The van der Waals surface area contributed by atoms with Gasteiger partial charge in [-0.2, -0.15) is 0 Å². The Morgan fingerprint density at radius 2 is 1.83 bits per heavy atom. The predicted octanol–water partition coefficient (Wildman–Crippen LogP) is 2.36. The number of hydrogen-bond acceptors (Lipinski definition) is 5. The molecule has 1 unspecified atom stereocenters. The highest BCUT2D eigenvalue weighted by Crippen LogP contribution is 2.43. The van der Waals surface area contributed by atoms with E-state index in [1.165, 1.54) is 4.90 Å². The Labute approximate surface area is 172 Å². The van der Waals surface area contributed by atoms with Gasteiger partial charge in [0.25, 0.3) is 0 Å². The van der Waals surface area contributed by atoms with Crippen LogP contribution in [0.4, 0.5) is 4.79 Å². The highest BCUT2D eigenvalue weighted by atomic mass is 16.6. The Balaban J connectivity index is 1.65. The number of carbonyl (C=O) groups excluding carboxylic acids is 2. The van der Waals surface area contributed by atoms with Crippen molar-refractivity contribution in [1.29, 1.82) is 0 Å². The zero-order valence-corrected chi connectivity index (χ0v) is 17.8. The number of carboxylic acid groups (broad SMARTS) is 1. The van der Waals surface area contributed by atoms with Crippen LogP contribution in [0, 0.1) is 17.3 Å². The molecule has 2 amide bonds. The lowest BCUT2D eigenvalue weighted by atomic mass is 9.71. The van der Waals surface area contributed by atoms with Crippen molar-refractivity contribution >= 4 is 18.0 Å². The van der Waals surface area contributed by atoms with Crippen molar-refractivity contribution in [2.75, 3.05) is 39.4 Å². The van der Waals surface area contributed by atoms with Gasteiger partial charge in [-0.1, -0.05) is 0 Å². The Morgan fingerprint density at radius 3 is 2.38 bits per heavy atom. The van der Waals surface area contributed by atoms with Crippen molar-refractivity contribution in [3.05, 3.63) is 0 Å². The van der Waals surface area contributed by atoms with E-state index in [1.54, 1.807) is 25.7 Å². The maximum Gasteiger partial charge on any atom is 0.410 e. The van der Waals surface area contributed by atoms with Gasteiger partial charge in [0.2, 0.25) is 5.91 Å². The average Bonchev–Trinajstić information content (AvgIpc) is 3.34. The molecule has 0 aromatic rings. The molecule has 1 aliphatic carbocycles. The van der Waals surface area contributed by atoms with Crippen molar-refractivity contribution in [2.45, 2.75) is 58.5 Å². The van der Waals surface area contributed by atoms with Crippen LogP contribution >= 0.6 is 0 Å². The molecule has 1 N–H and O–H groups in total. The Kier molecular flexibility index (Phi) is 6.41. The molecule has 8 nitrogen and oxygen atoms in total. The van der Waals surface area contributed by atoms with E-state index < -0.39 is 23.1 Å². The summed E-state index contributed by atoms with van der Waals surface area (Å²) in [5.74, 6) is -0.595. The largest absolute Gasteiger partial charge is 0.481 e. The second-order valence-corrected chi connectivity index (χ2v) is 9.72. The van der Waals surface area contributed by atoms with Crippen molar-refractivity contribution in [1.82, 2.24) is 9.80 Å². The topological polar surface area (TPSA) is 96.4 Å². The van der Waals surface area contributed by atoms with E-state index in [2.05, 4.69) is 0 Å². The summed E-state index contributed by atoms with van der Waals surface area (Å²) in [6.07, 6.45) is 3.51. The first-order valence-electron chi connectivity index (χ1n) is 10.7. The van der Waals surface area contributed by atoms with E-state index in [1.807, 2.05) is 0 Å². The zero-order chi connectivity index (χ0) is 21.2. The summed E-state index contributed by atoms with van der Waals surface area (Å²) in [5, 5.41) is 9.98. The monoisotopic (exact) mass is 410 g/mol. The van der Waals surface area contributed by atoms with Crippen LogP contribution in [0.1, 0.15) is 52.9 Å². The Hall–Kier alpha value is -1.83. The van der Waals surface area contributed by atoms with Gasteiger partial charge in [0, 0.05) is 32.8 Å². The third-order valence-corrected chi connectivity index (χ3v) is 6.24. The van der Waals surface area contributed by atoms with E-state index in [0.717, 1.165) is 12.8 Å². The number of carbonyl (C=O) groups is 3. The van der Waals surface area contributed by atoms with Gasteiger partial charge in [0.15, 0.2) is 0 Å². The van der Waals surface area contributed by atoms with Gasteiger partial charge in [-0.15, -0.1) is 0 Å². The number of nitrogens with zero attached hydrogens (tertiary/aromatic N) is 2. The van der Waals surface area contributed by atoms with E-state index in [4.69, 9.17) is 9.47 Å². The number of aliphatic carboxylic acids is 1. The van der Waals surface area contributed by atoms with Crippen molar-refractivity contribution in [3.63, 3.8) is 0 Å². The number of carboxylic acids is 1. The summed E-state index contributed by atoms with van der Waals surface area (Å²) in [5.41, 5.74) is -1.54. The van der Waals surface area contributed by atoms with Crippen molar-refractivity contribution in [2.24, 2.45) is 17.3 Å². The maximum atomic E-state index is 13.0. The zero-order valence-electron chi connectivity index (χ0n) is 17.8. The first-order chi connectivity index (χ1) is 13.6. The molecule has 3 rings (SSSR count). The highest BCUT2D eigenvalue weighted by molar-refractivity contribution is 5.84. The van der Waals surface area contributed by atoms with Crippen LogP contribution in [0.15, 0.2) is 0 Å². The highest BCUT2D eigenvalue weighted by Gasteiger charge is 2.51. The summed E-state index contributed by atoms with van der Waals surface area (Å²) >= 11 is 0. The van der Waals surface area contributed by atoms with Crippen LogP contribution in [0.25, 0.3) is 0 Å². The van der Waals surface area contributed by atoms with Crippen molar-refractivity contribution in [3.8, 4) is 0 Å². The van der Waals surface area contributed by atoms with Crippen LogP contribution in [-0.4, -0.2) is 77.9 Å². The van der Waals surface area contributed by atoms with Crippen LogP contribution in [0.2, 0.25) is 0 Å². The molecule has 2 heterocycles. The van der Waals surface area contributed by atoms with Gasteiger partial charge < -0.3 is 19.5 Å². The van der Waals surface area contributed by atoms with Gasteiger partial charge in [-0.05, 0) is 64.7 Å². The molecule has 2 saturated heterocycles. The second-order valence-electron chi connectivity index (χ2n) is 9.72. The molecule has 0 aromatic carbocycles. The first-order valence-corrected chi connectivity index (χ1v) is 10.7. The molecule has 0 radical (unpaired) electrons. The number of likely N-dealkylation sites (tertiary alicyclic amines) is 1. The molecule has 164 valence electrons. The summed E-state index contributed by atoms with van der Waals surface area (Å²) in [6.45, 7) is 7.62. The molecule has 0 bridgehead atoms. The lowest BCUT2D eigenvalue weighted by Crippen LogP contribution is -2.47. The van der Waals surface area contributed by atoms with E-state index in [0.29, 0.717) is 51.5 Å². The first kappa shape index (κ1) is 21.9. The SMILES string of the molecule is CC(C)(C)OC(=O)N(CC(=O)N1CCC(C(=O)O)(C2CCOCC2)C1)CC1CC1. The fourth-order valence-electron chi connectivity index (χ4n) is 4.38. The van der Waals surface area contributed by atoms with Gasteiger partial charge in [-0.25, -0.2) is 4.79 Å². The predicted molar refractivity (Wildman–Crippen MR) is 105 cm³/mol. The average molecular weight is 411 g/mol. The third-order valence-electron chi connectivity index (χ3n) is 6.24. The molecule has 0 spiro atoms. The molecule has 1 saturated carbocycles. The molecular formula is C21H34N2O6. The summed E-state index contributed by atoms with van der Waals surface area (Å²) in [7, 11) is 0. The fraction of sp³-hybridized carbons (Fsp3) is 0.857. The minimum absolute atomic E-state index is 0.0139. The number of ether oxygens (including phenoxy) is 2. The number of hydrogen-bond donors (Lipinski definition) is 1.